The fourth-order valence-corrected chi connectivity index (χ4v) is 3.89. The Labute approximate surface area is 183 Å². The van der Waals surface area contributed by atoms with Crippen LogP contribution in [0.4, 0.5) is 27.6 Å². The van der Waals surface area contributed by atoms with E-state index >= 15 is 0 Å². The van der Waals surface area contributed by atoms with Gasteiger partial charge in [-0.2, -0.15) is 18.3 Å². The minimum atomic E-state index is -4.92. The normalized spacial score (nSPS) is 16.8. The first-order valence-corrected chi connectivity index (χ1v) is 9.81. The Kier molecular flexibility index (Phi) is 5.64. The van der Waals surface area contributed by atoms with Crippen LogP contribution >= 0.6 is 0 Å². The first-order valence-electron chi connectivity index (χ1n) is 9.81. The molecule has 11 heteroatoms. The highest BCUT2D eigenvalue weighted by atomic mass is 19.4. The van der Waals surface area contributed by atoms with Crippen molar-refractivity contribution in [1.82, 2.24) is 15.5 Å². The van der Waals surface area contributed by atoms with E-state index in [4.69, 9.17) is 0 Å². The molecule has 33 heavy (non-hydrogen) atoms. The Morgan fingerprint density at radius 2 is 1.94 bits per heavy atom. The van der Waals surface area contributed by atoms with Gasteiger partial charge in [0.25, 0.3) is 0 Å². The van der Waals surface area contributed by atoms with Gasteiger partial charge in [-0.25, -0.2) is 8.78 Å². The Hall–Kier alpha value is -3.76. The molecule has 0 fully saturated rings. The summed E-state index contributed by atoms with van der Waals surface area (Å²) in [5.41, 5.74) is -0.415. The van der Waals surface area contributed by atoms with Crippen molar-refractivity contribution in [2.45, 2.75) is 31.9 Å². The van der Waals surface area contributed by atoms with Crippen molar-refractivity contribution in [3.63, 3.8) is 0 Å². The number of fused-ring (bicyclic) bond motifs is 1. The molecule has 1 aromatic heterocycles. The van der Waals surface area contributed by atoms with Crippen LogP contribution in [0.3, 0.4) is 0 Å². The third-order valence-corrected chi connectivity index (χ3v) is 5.47. The van der Waals surface area contributed by atoms with Crippen LogP contribution in [-0.2, 0) is 15.8 Å². The number of amides is 2. The second-order valence-corrected chi connectivity index (χ2v) is 7.71. The van der Waals surface area contributed by atoms with Gasteiger partial charge in [0, 0.05) is 29.5 Å². The molecule has 2 heterocycles. The number of hydrogen-bond acceptors (Lipinski definition) is 3. The van der Waals surface area contributed by atoms with Crippen LogP contribution in [0.2, 0.25) is 0 Å². The number of hydrogen-bond donors (Lipinski definition) is 3. The molecule has 0 saturated heterocycles. The average Bonchev–Trinajstić information content (AvgIpc) is 3.16. The van der Waals surface area contributed by atoms with E-state index in [9.17, 15) is 31.5 Å². The highest BCUT2D eigenvalue weighted by Crippen LogP contribution is 2.39. The Balaban J connectivity index is 1.63. The first-order chi connectivity index (χ1) is 15.5. The zero-order chi connectivity index (χ0) is 23.9. The molecule has 3 aromatic rings. The average molecular weight is 464 g/mol. The fraction of sp³-hybridized carbons (Fsp3) is 0.227. The van der Waals surface area contributed by atoms with Gasteiger partial charge in [-0.1, -0.05) is 6.07 Å². The summed E-state index contributed by atoms with van der Waals surface area (Å²) in [5, 5.41) is 12.0. The lowest BCUT2D eigenvalue weighted by molar-refractivity contribution is -0.140. The molecule has 0 bridgehead atoms. The van der Waals surface area contributed by atoms with Crippen molar-refractivity contribution in [3.8, 4) is 0 Å². The molecule has 2 amide bonds. The number of benzene rings is 2. The summed E-state index contributed by atoms with van der Waals surface area (Å²) in [6, 6.07) is 5.06. The van der Waals surface area contributed by atoms with Crippen LogP contribution in [0.1, 0.15) is 36.8 Å². The van der Waals surface area contributed by atoms with Crippen molar-refractivity contribution in [3.05, 3.63) is 70.6 Å². The number of anilines is 1. The Bertz CT molecular complexity index is 1300. The number of halogens is 5. The molecule has 6 nitrogen and oxygen atoms in total. The number of aromatic nitrogens is 2. The molecule has 1 aliphatic heterocycles. The van der Waals surface area contributed by atoms with Gasteiger partial charge in [-0.05, 0) is 36.3 Å². The SMILES string of the molecule is CC1=C(CC(=O)Nc2cc3cn[nH]c3cc2F)C(c2ccc(F)c(C(F)(F)F)c2)CC(=O)N1. The smallest absolute Gasteiger partial charge is 0.330 e. The lowest BCUT2D eigenvalue weighted by atomic mass is 9.82. The number of nitrogens with one attached hydrogen (secondary N) is 3. The second-order valence-electron chi connectivity index (χ2n) is 7.71. The van der Waals surface area contributed by atoms with Gasteiger partial charge in [0.05, 0.1) is 29.4 Å². The van der Waals surface area contributed by atoms with Crippen LogP contribution in [-0.4, -0.2) is 22.0 Å². The summed E-state index contributed by atoms with van der Waals surface area (Å²) < 4.78 is 67.6. The minimum Gasteiger partial charge on any atom is -0.330 e. The van der Waals surface area contributed by atoms with Gasteiger partial charge in [0.15, 0.2) is 0 Å². The monoisotopic (exact) mass is 464 g/mol. The third-order valence-electron chi connectivity index (χ3n) is 5.47. The van der Waals surface area contributed by atoms with Crippen molar-refractivity contribution in [2.24, 2.45) is 0 Å². The number of carbonyl (C=O) groups excluding carboxylic acids is 2. The summed E-state index contributed by atoms with van der Waals surface area (Å²) in [5.74, 6) is -4.10. The number of allylic oxidation sites excluding steroid dienone is 1. The van der Waals surface area contributed by atoms with Crippen molar-refractivity contribution >= 4 is 28.4 Å². The quantitative estimate of drug-likeness (QED) is 0.487. The van der Waals surface area contributed by atoms with Gasteiger partial charge in [0.1, 0.15) is 11.6 Å². The largest absolute Gasteiger partial charge is 0.419 e. The summed E-state index contributed by atoms with van der Waals surface area (Å²) in [6.45, 7) is 1.51. The highest BCUT2D eigenvalue weighted by Gasteiger charge is 2.36. The standard InChI is InChI=1S/C22H17F5N4O2/c1-10-13(6-21(33)30-19-5-12-9-28-31-18(12)8-17(19)24)14(7-20(32)29-10)11-2-3-16(23)15(4-11)22(25,26)27/h2-5,8-9,14H,6-7H2,1H3,(H,28,31)(H,29,32)(H,30,33). The van der Waals surface area contributed by atoms with Crippen molar-refractivity contribution in [2.75, 3.05) is 5.32 Å². The van der Waals surface area contributed by atoms with E-state index in [0.717, 1.165) is 6.07 Å². The topological polar surface area (TPSA) is 86.9 Å². The molecule has 0 radical (unpaired) electrons. The first kappa shape index (κ1) is 22.4. The second kappa shape index (κ2) is 8.30. The lowest BCUT2D eigenvalue weighted by Crippen LogP contribution is -2.32. The summed E-state index contributed by atoms with van der Waals surface area (Å²) in [4.78, 5) is 24.8. The van der Waals surface area contributed by atoms with Crippen molar-refractivity contribution < 1.29 is 31.5 Å². The molecular formula is C22H17F5N4O2. The van der Waals surface area contributed by atoms with Gasteiger partial charge < -0.3 is 10.6 Å². The Morgan fingerprint density at radius 1 is 1.18 bits per heavy atom. The van der Waals surface area contributed by atoms with E-state index in [-0.39, 0.29) is 24.1 Å². The van der Waals surface area contributed by atoms with Gasteiger partial charge in [-0.3, -0.25) is 14.7 Å². The summed E-state index contributed by atoms with van der Waals surface area (Å²) in [6.07, 6.45) is -4.01. The summed E-state index contributed by atoms with van der Waals surface area (Å²) >= 11 is 0. The maximum Gasteiger partial charge on any atom is 0.419 e. The van der Waals surface area contributed by atoms with Crippen LogP contribution in [0.15, 0.2) is 47.8 Å². The number of alkyl halides is 3. The molecule has 4 rings (SSSR count). The Morgan fingerprint density at radius 3 is 2.67 bits per heavy atom. The molecule has 0 saturated carbocycles. The van der Waals surface area contributed by atoms with Gasteiger partial charge >= 0.3 is 6.18 Å². The molecule has 1 atom stereocenters. The van der Waals surface area contributed by atoms with Gasteiger partial charge in [-0.15, -0.1) is 0 Å². The van der Waals surface area contributed by atoms with E-state index in [1.54, 1.807) is 0 Å². The predicted molar refractivity (Wildman–Crippen MR) is 109 cm³/mol. The van der Waals surface area contributed by atoms with Crippen LogP contribution in [0, 0.1) is 11.6 Å². The minimum absolute atomic E-state index is 0.0479. The molecule has 0 spiro atoms. The molecule has 2 aromatic carbocycles. The zero-order valence-corrected chi connectivity index (χ0v) is 17.1. The molecule has 3 N–H and O–H groups in total. The third kappa shape index (κ3) is 4.57. The molecule has 0 aliphatic carbocycles. The zero-order valence-electron chi connectivity index (χ0n) is 17.1. The summed E-state index contributed by atoms with van der Waals surface area (Å²) in [7, 11) is 0. The van der Waals surface area contributed by atoms with Crippen LogP contribution in [0.5, 0.6) is 0 Å². The van der Waals surface area contributed by atoms with E-state index in [1.807, 2.05) is 0 Å². The molecule has 172 valence electrons. The van der Waals surface area contributed by atoms with E-state index < -0.39 is 41.1 Å². The molecular weight excluding hydrogens is 447 g/mol. The number of rotatable bonds is 4. The maximum absolute atomic E-state index is 14.3. The highest BCUT2D eigenvalue weighted by molar-refractivity contribution is 5.95. The fourth-order valence-electron chi connectivity index (χ4n) is 3.89. The van der Waals surface area contributed by atoms with Crippen LogP contribution < -0.4 is 10.6 Å². The number of aromatic amines is 1. The number of carbonyl (C=O) groups is 2. The van der Waals surface area contributed by atoms with Gasteiger partial charge in [0.2, 0.25) is 11.8 Å². The van der Waals surface area contributed by atoms with E-state index in [2.05, 4.69) is 20.8 Å². The lowest BCUT2D eigenvalue weighted by Gasteiger charge is -2.28. The van der Waals surface area contributed by atoms with E-state index in [1.165, 1.54) is 25.3 Å². The van der Waals surface area contributed by atoms with Crippen LogP contribution in [0.25, 0.3) is 10.9 Å². The molecule has 1 unspecified atom stereocenters. The van der Waals surface area contributed by atoms with Crippen molar-refractivity contribution in [1.29, 1.82) is 0 Å². The maximum atomic E-state index is 14.3. The number of H-pyrrole nitrogens is 1. The predicted octanol–water partition coefficient (Wildman–Crippen LogP) is 4.77. The molecule has 1 aliphatic rings. The van der Waals surface area contributed by atoms with E-state index in [0.29, 0.717) is 34.3 Å². The number of nitrogens with zero attached hydrogens (tertiary/aromatic N) is 1.